The lowest BCUT2D eigenvalue weighted by atomic mass is 10.1. The van der Waals surface area contributed by atoms with E-state index in [2.05, 4.69) is 31.5 Å². The van der Waals surface area contributed by atoms with Crippen LogP contribution in [0.3, 0.4) is 0 Å². The van der Waals surface area contributed by atoms with Crippen LogP contribution in [0.15, 0.2) is 30.5 Å². The summed E-state index contributed by atoms with van der Waals surface area (Å²) in [5.41, 5.74) is 1.01. The van der Waals surface area contributed by atoms with Gasteiger partial charge in [-0.25, -0.2) is 4.98 Å². The van der Waals surface area contributed by atoms with Gasteiger partial charge in [0.1, 0.15) is 15.8 Å². The highest BCUT2D eigenvalue weighted by Gasteiger charge is 2.14. The smallest absolute Gasteiger partial charge is 0.239 e. The number of pyridine rings is 1. The first kappa shape index (κ1) is 18.0. The number of hydrogen-bond acceptors (Lipinski definition) is 7. The number of carbonyl (C=O) groups excluding carboxylic acids is 1. The Balaban J connectivity index is 1.49. The van der Waals surface area contributed by atoms with Gasteiger partial charge in [-0.1, -0.05) is 23.5 Å². The molecule has 2 aromatic heterocycles. The van der Waals surface area contributed by atoms with Gasteiger partial charge in [-0.15, -0.1) is 10.2 Å². The highest BCUT2D eigenvalue weighted by atomic mass is 32.1. The Kier molecular flexibility index (Phi) is 5.38. The van der Waals surface area contributed by atoms with Gasteiger partial charge in [-0.2, -0.15) is 0 Å². The number of benzene rings is 1. The summed E-state index contributed by atoms with van der Waals surface area (Å²) in [5.74, 6) is 0.504. The van der Waals surface area contributed by atoms with Gasteiger partial charge in [-0.3, -0.25) is 9.69 Å². The Hall–Kier alpha value is -2.42. The number of amides is 1. The van der Waals surface area contributed by atoms with Gasteiger partial charge in [0.25, 0.3) is 0 Å². The van der Waals surface area contributed by atoms with Crippen LogP contribution in [-0.2, 0) is 9.53 Å². The monoisotopic (exact) mass is 383 g/mol. The predicted molar refractivity (Wildman–Crippen MR) is 106 cm³/mol. The van der Waals surface area contributed by atoms with Crippen molar-refractivity contribution in [2.45, 2.75) is 13.3 Å². The first-order valence-electron chi connectivity index (χ1n) is 8.98. The third-order valence-corrected chi connectivity index (χ3v) is 5.33. The first-order valence-corrected chi connectivity index (χ1v) is 9.79. The van der Waals surface area contributed by atoms with E-state index in [0.717, 1.165) is 52.5 Å². The molecule has 0 unspecified atom stereocenters. The second-order valence-corrected chi connectivity index (χ2v) is 7.73. The maximum Gasteiger partial charge on any atom is 0.239 e. The quantitative estimate of drug-likeness (QED) is 0.746. The van der Waals surface area contributed by atoms with Gasteiger partial charge < -0.3 is 10.1 Å². The molecule has 1 amide bonds. The van der Waals surface area contributed by atoms with E-state index in [1.165, 1.54) is 0 Å². The Morgan fingerprint density at radius 2 is 2.15 bits per heavy atom. The fourth-order valence-electron chi connectivity index (χ4n) is 3.10. The van der Waals surface area contributed by atoms with Gasteiger partial charge in [0.05, 0.1) is 13.2 Å². The molecule has 0 bridgehead atoms. The van der Waals surface area contributed by atoms with Crippen molar-refractivity contribution in [3.8, 4) is 10.6 Å². The average molecular weight is 383 g/mol. The Morgan fingerprint density at radius 3 is 3.00 bits per heavy atom. The summed E-state index contributed by atoms with van der Waals surface area (Å²) >= 11 is 1.56. The normalized spacial score (nSPS) is 15.6. The van der Waals surface area contributed by atoms with Crippen LogP contribution in [0.4, 0.5) is 5.82 Å². The molecule has 1 aromatic carbocycles. The largest absolute Gasteiger partial charge is 0.380 e. The number of fused-ring (bicyclic) bond motifs is 1. The van der Waals surface area contributed by atoms with Crippen LogP contribution in [0.25, 0.3) is 21.3 Å². The lowest BCUT2D eigenvalue weighted by Crippen LogP contribution is -2.35. The molecule has 140 valence electrons. The second kappa shape index (κ2) is 8.08. The fraction of sp³-hybridized carbons (Fsp3) is 0.368. The number of nitrogens with one attached hydrogen (secondary N) is 1. The highest BCUT2D eigenvalue weighted by molar-refractivity contribution is 7.14. The number of aryl methyl sites for hydroxylation is 1. The zero-order valence-electron chi connectivity index (χ0n) is 15.1. The maximum absolute atomic E-state index is 12.4. The van der Waals surface area contributed by atoms with Crippen LogP contribution >= 0.6 is 11.3 Å². The van der Waals surface area contributed by atoms with Crippen molar-refractivity contribution >= 4 is 33.8 Å². The molecule has 3 heterocycles. The van der Waals surface area contributed by atoms with Crippen molar-refractivity contribution in [1.82, 2.24) is 20.1 Å². The van der Waals surface area contributed by atoms with Gasteiger partial charge in [-0.05, 0) is 30.9 Å². The highest BCUT2D eigenvalue weighted by Crippen LogP contribution is 2.27. The summed E-state index contributed by atoms with van der Waals surface area (Å²) in [7, 11) is 0. The van der Waals surface area contributed by atoms with E-state index in [1.807, 2.05) is 25.1 Å². The summed E-state index contributed by atoms with van der Waals surface area (Å²) in [5, 5.41) is 15.0. The van der Waals surface area contributed by atoms with Gasteiger partial charge >= 0.3 is 0 Å². The van der Waals surface area contributed by atoms with Crippen molar-refractivity contribution in [1.29, 1.82) is 0 Å². The van der Waals surface area contributed by atoms with E-state index >= 15 is 0 Å². The third kappa shape index (κ3) is 4.47. The SMILES string of the molecule is Cc1nnc(-c2ccc3cnc(NC(=O)CN4CCCOCC4)cc3c2)s1. The number of aromatic nitrogens is 3. The minimum atomic E-state index is -0.0559. The molecule has 0 saturated carbocycles. The minimum absolute atomic E-state index is 0.0559. The standard InChI is InChI=1S/C19H21N5O2S/c1-13-22-23-19(27-13)14-3-4-15-11-20-17(10-16(15)9-14)21-18(25)12-24-5-2-7-26-8-6-24/h3-4,9-11H,2,5-8,12H2,1H3,(H,20,21,25). The van der Waals surface area contributed by atoms with E-state index in [1.54, 1.807) is 17.5 Å². The Bertz CT molecular complexity index is 950. The molecule has 0 spiro atoms. The van der Waals surface area contributed by atoms with E-state index in [4.69, 9.17) is 4.74 Å². The average Bonchev–Trinajstić information content (AvgIpc) is 2.93. The van der Waals surface area contributed by atoms with Crippen LogP contribution in [0.1, 0.15) is 11.4 Å². The number of rotatable bonds is 4. The Morgan fingerprint density at radius 1 is 1.22 bits per heavy atom. The third-order valence-electron chi connectivity index (χ3n) is 4.44. The molecule has 0 aliphatic carbocycles. The van der Waals surface area contributed by atoms with Crippen molar-refractivity contribution in [3.63, 3.8) is 0 Å². The van der Waals surface area contributed by atoms with E-state index in [9.17, 15) is 4.79 Å². The number of anilines is 1. The summed E-state index contributed by atoms with van der Waals surface area (Å²) < 4.78 is 5.43. The van der Waals surface area contributed by atoms with Gasteiger partial charge in [0.15, 0.2) is 0 Å². The number of hydrogen-bond donors (Lipinski definition) is 1. The zero-order chi connectivity index (χ0) is 18.6. The molecule has 1 fully saturated rings. The molecule has 0 radical (unpaired) electrons. The number of carbonyl (C=O) groups is 1. The summed E-state index contributed by atoms with van der Waals surface area (Å²) in [6.45, 7) is 5.39. The van der Waals surface area contributed by atoms with E-state index in [0.29, 0.717) is 19.0 Å². The topological polar surface area (TPSA) is 80.2 Å². The molecule has 1 saturated heterocycles. The summed E-state index contributed by atoms with van der Waals surface area (Å²) in [6.07, 6.45) is 2.73. The van der Waals surface area contributed by atoms with Crippen molar-refractivity contribution in [2.75, 3.05) is 38.2 Å². The maximum atomic E-state index is 12.4. The lowest BCUT2D eigenvalue weighted by Gasteiger charge is -2.18. The molecule has 27 heavy (non-hydrogen) atoms. The van der Waals surface area contributed by atoms with Crippen molar-refractivity contribution in [3.05, 3.63) is 35.5 Å². The van der Waals surface area contributed by atoms with E-state index < -0.39 is 0 Å². The van der Waals surface area contributed by atoms with Crippen LogP contribution in [0, 0.1) is 6.92 Å². The van der Waals surface area contributed by atoms with Crippen LogP contribution in [-0.4, -0.2) is 58.8 Å². The predicted octanol–water partition coefficient (Wildman–Crippen LogP) is 2.72. The fourth-order valence-corrected chi connectivity index (χ4v) is 3.78. The molecule has 1 aliphatic heterocycles. The number of ether oxygens (including phenoxy) is 1. The molecule has 1 N–H and O–H groups in total. The second-order valence-electron chi connectivity index (χ2n) is 6.55. The summed E-state index contributed by atoms with van der Waals surface area (Å²) in [4.78, 5) is 18.8. The summed E-state index contributed by atoms with van der Waals surface area (Å²) in [6, 6.07) is 7.98. The van der Waals surface area contributed by atoms with Crippen molar-refractivity contribution in [2.24, 2.45) is 0 Å². The number of nitrogens with zero attached hydrogens (tertiary/aromatic N) is 4. The molecular formula is C19H21N5O2S. The molecule has 4 rings (SSSR count). The van der Waals surface area contributed by atoms with Crippen LogP contribution < -0.4 is 5.32 Å². The molecule has 3 aromatic rings. The van der Waals surface area contributed by atoms with Gasteiger partial charge in [0, 0.05) is 36.8 Å². The molecule has 8 heteroatoms. The lowest BCUT2D eigenvalue weighted by molar-refractivity contribution is -0.117. The first-order chi connectivity index (χ1) is 13.2. The minimum Gasteiger partial charge on any atom is -0.380 e. The van der Waals surface area contributed by atoms with Gasteiger partial charge in [0.2, 0.25) is 5.91 Å². The molecule has 1 aliphatic rings. The van der Waals surface area contributed by atoms with Crippen molar-refractivity contribution < 1.29 is 9.53 Å². The zero-order valence-corrected chi connectivity index (χ0v) is 16.0. The molecule has 0 atom stereocenters. The molecule has 7 nitrogen and oxygen atoms in total. The van der Waals surface area contributed by atoms with Crippen LogP contribution in [0.2, 0.25) is 0 Å². The Labute approximate surface area is 161 Å². The van der Waals surface area contributed by atoms with Crippen LogP contribution in [0.5, 0.6) is 0 Å². The van der Waals surface area contributed by atoms with E-state index in [-0.39, 0.29) is 5.91 Å². The molecular weight excluding hydrogens is 362 g/mol.